The van der Waals surface area contributed by atoms with E-state index in [1.807, 2.05) is 0 Å². The summed E-state index contributed by atoms with van der Waals surface area (Å²) in [5, 5.41) is 20.0. The highest BCUT2D eigenvalue weighted by Crippen LogP contribution is 2.11. The molecular weight excluding hydrogens is 228 g/mol. The summed E-state index contributed by atoms with van der Waals surface area (Å²) in [6.45, 7) is 3.95. The molecule has 0 bridgehead atoms. The summed E-state index contributed by atoms with van der Waals surface area (Å²) >= 11 is 0. The van der Waals surface area contributed by atoms with Gasteiger partial charge in [-0.2, -0.15) is 10.4 Å². The first kappa shape index (κ1) is 12.7. The van der Waals surface area contributed by atoms with Gasteiger partial charge in [-0.3, -0.25) is 4.90 Å². The third kappa shape index (κ3) is 2.94. The number of nitriles is 1. The minimum Gasteiger partial charge on any atom is -0.366 e. The van der Waals surface area contributed by atoms with Crippen LogP contribution in [0.15, 0.2) is 12.3 Å². The van der Waals surface area contributed by atoms with Gasteiger partial charge in [0, 0.05) is 32.2 Å². The lowest BCUT2D eigenvalue weighted by molar-refractivity contribution is 0.122. The Labute approximate surface area is 107 Å². The highest BCUT2D eigenvalue weighted by atomic mass is 15.3. The molecular formula is C12H18N6. The fourth-order valence-corrected chi connectivity index (χ4v) is 2.09. The molecule has 1 N–H and O–H groups in total. The Morgan fingerprint density at radius 3 is 3.11 bits per heavy atom. The van der Waals surface area contributed by atoms with Crippen LogP contribution < -0.4 is 5.32 Å². The zero-order valence-corrected chi connectivity index (χ0v) is 10.8. The lowest BCUT2D eigenvalue weighted by atomic mass is 10.2. The van der Waals surface area contributed by atoms with Crippen molar-refractivity contribution in [3.05, 3.63) is 17.8 Å². The molecule has 2 heterocycles. The van der Waals surface area contributed by atoms with E-state index in [1.54, 1.807) is 6.07 Å². The molecule has 0 amide bonds. The Balaban J connectivity index is 1.96. The van der Waals surface area contributed by atoms with Crippen molar-refractivity contribution in [2.45, 2.75) is 6.04 Å². The van der Waals surface area contributed by atoms with Crippen LogP contribution in [0.5, 0.6) is 0 Å². The van der Waals surface area contributed by atoms with Gasteiger partial charge in [0.2, 0.25) is 0 Å². The first-order valence-electron chi connectivity index (χ1n) is 6.05. The Hall–Kier alpha value is -1.71. The van der Waals surface area contributed by atoms with E-state index in [1.165, 1.54) is 6.20 Å². The Morgan fingerprint density at radius 1 is 1.50 bits per heavy atom. The second-order valence-electron chi connectivity index (χ2n) is 4.68. The van der Waals surface area contributed by atoms with E-state index in [0.717, 1.165) is 26.2 Å². The average molecular weight is 246 g/mol. The lowest BCUT2D eigenvalue weighted by Crippen LogP contribution is -2.52. The zero-order chi connectivity index (χ0) is 13.0. The van der Waals surface area contributed by atoms with Crippen LogP contribution in [0.25, 0.3) is 0 Å². The van der Waals surface area contributed by atoms with Crippen LogP contribution in [0.3, 0.4) is 0 Å². The van der Waals surface area contributed by atoms with Gasteiger partial charge in [-0.05, 0) is 20.2 Å². The molecule has 0 aliphatic carbocycles. The van der Waals surface area contributed by atoms with Gasteiger partial charge in [0.25, 0.3) is 0 Å². The summed E-state index contributed by atoms with van der Waals surface area (Å²) in [6, 6.07) is 4.21. The molecule has 0 aromatic carbocycles. The van der Waals surface area contributed by atoms with Gasteiger partial charge < -0.3 is 10.2 Å². The van der Waals surface area contributed by atoms with Gasteiger partial charge in [-0.1, -0.05) is 0 Å². The zero-order valence-electron chi connectivity index (χ0n) is 10.8. The van der Waals surface area contributed by atoms with Crippen molar-refractivity contribution in [1.29, 1.82) is 5.26 Å². The van der Waals surface area contributed by atoms with Crippen LogP contribution in [-0.2, 0) is 0 Å². The predicted molar refractivity (Wildman–Crippen MR) is 69.2 cm³/mol. The third-order valence-electron chi connectivity index (χ3n) is 3.33. The number of nitrogens with one attached hydrogen (secondary N) is 1. The second kappa shape index (κ2) is 5.76. The maximum atomic E-state index is 8.97. The summed E-state index contributed by atoms with van der Waals surface area (Å²) < 4.78 is 0. The Bertz CT molecular complexity index is 440. The van der Waals surface area contributed by atoms with E-state index >= 15 is 0 Å². The number of piperazine rings is 1. The first-order valence-corrected chi connectivity index (χ1v) is 6.05. The topological polar surface area (TPSA) is 68.1 Å². The smallest absolute Gasteiger partial charge is 0.166 e. The molecule has 1 unspecified atom stereocenters. The van der Waals surface area contributed by atoms with Crippen molar-refractivity contribution >= 4 is 5.82 Å². The average Bonchev–Trinajstić information content (AvgIpc) is 2.40. The number of hydrogen-bond donors (Lipinski definition) is 1. The summed E-state index contributed by atoms with van der Waals surface area (Å²) in [5.74, 6) is 0.571. The van der Waals surface area contributed by atoms with Crippen LogP contribution >= 0.6 is 0 Å². The summed E-state index contributed by atoms with van der Waals surface area (Å²) in [4.78, 5) is 4.64. The van der Waals surface area contributed by atoms with Gasteiger partial charge in [-0.15, -0.1) is 5.10 Å². The Kier molecular flexibility index (Phi) is 4.07. The third-order valence-corrected chi connectivity index (χ3v) is 3.33. The minimum atomic E-state index is 0.428. The maximum absolute atomic E-state index is 8.97. The fraction of sp³-hybridized carbons (Fsp3) is 0.583. The monoisotopic (exact) mass is 246 g/mol. The number of aromatic nitrogens is 2. The van der Waals surface area contributed by atoms with Gasteiger partial charge >= 0.3 is 0 Å². The standard InChI is InChI=1S/C12H18N6/c1-17-5-6-18(2)11(9-17)8-14-12-10(7-13)3-4-15-16-12/h3-4,11H,5-6,8-9H2,1-2H3,(H,14,16). The quantitative estimate of drug-likeness (QED) is 0.810. The fourth-order valence-electron chi connectivity index (χ4n) is 2.09. The van der Waals surface area contributed by atoms with Crippen molar-refractivity contribution in [3.8, 4) is 6.07 Å². The number of anilines is 1. The minimum absolute atomic E-state index is 0.428. The molecule has 0 saturated carbocycles. The van der Waals surface area contributed by atoms with E-state index in [2.05, 4.69) is 45.5 Å². The normalized spacial score (nSPS) is 21.5. The largest absolute Gasteiger partial charge is 0.366 e. The van der Waals surface area contributed by atoms with Gasteiger partial charge in [0.1, 0.15) is 6.07 Å². The van der Waals surface area contributed by atoms with Crippen molar-refractivity contribution in [2.24, 2.45) is 0 Å². The molecule has 0 spiro atoms. The number of hydrogen-bond acceptors (Lipinski definition) is 6. The lowest BCUT2D eigenvalue weighted by Gasteiger charge is -2.37. The highest BCUT2D eigenvalue weighted by Gasteiger charge is 2.22. The summed E-state index contributed by atoms with van der Waals surface area (Å²) in [7, 11) is 4.25. The van der Waals surface area contributed by atoms with E-state index in [-0.39, 0.29) is 0 Å². The summed E-state index contributed by atoms with van der Waals surface area (Å²) in [6.07, 6.45) is 1.53. The molecule has 1 aliphatic heterocycles. The van der Waals surface area contributed by atoms with E-state index < -0.39 is 0 Å². The SMILES string of the molecule is CN1CCN(C)C(CNc2nnccc2C#N)C1. The molecule has 6 nitrogen and oxygen atoms in total. The molecule has 6 heteroatoms. The van der Waals surface area contributed by atoms with Crippen LogP contribution in [0.2, 0.25) is 0 Å². The number of likely N-dealkylation sites (N-methyl/N-ethyl adjacent to an activating group) is 2. The summed E-state index contributed by atoms with van der Waals surface area (Å²) in [5.41, 5.74) is 0.539. The molecule has 1 fully saturated rings. The molecule has 1 saturated heterocycles. The van der Waals surface area contributed by atoms with E-state index in [9.17, 15) is 0 Å². The van der Waals surface area contributed by atoms with Crippen molar-refractivity contribution < 1.29 is 0 Å². The molecule has 96 valence electrons. The van der Waals surface area contributed by atoms with Gasteiger partial charge in [0.05, 0.1) is 11.8 Å². The molecule has 18 heavy (non-hydrogen) atoms. The van der Waals surface area contributed by atoms with E-state index in [4.69, 9.17) is 5.26 Å². The Morgan fingerprint density at radius 2 is 2.33 bits per heavy atom. The van der Waals surface area contributed by atoms with Gasteiger partial charge in [-0.25, -0.2) is 0 Å². The van der Waals surface area contributed by atoms with Gasteiger partial charge in [0.15, 0.2) is 5.82 Å². The number of nitrogens with zero attached hydrogens (tertiary/aromatic N) is 5. The molecule has 1 atom stereocenters. The van der Waals surface area contributed by atoms with Crippen molar-refractivity contribution in [2.75, 3.05) is 45.6 Å². The second-order valence-corrected chi connectivity index (χ2v) is 4.68. The maximum Gasteiger partial charge on any atom is 0.166 e. The van der Waals surface area contributed by atoms with Crippen LogP contribution in [0.4, 0.5) is 5.82 Å². The van der Waals surface area contributed by atoms with Crippen molar-refractivity contribution in [1.82, 2.24) is 20.0 Å². The van der Waals surface area contributed by atoms with Crippen LogP contribution in [0, 0.1) is 11.3 Å². The molecule has 2 rings (SSSR count). The molecule has 1 aliphatic rings. The molecule has 1 aromatic rings. The van der Waals surface area contributed by atoms with E-state index in [0.29, 0.717) is 17.4 Å². The molecule has 0 radical (unpaired) electrons. The predicted octanol–water partition coefficient (Wildman–Crippen LogP) is 0.00598. The molecule has 1 aromatic heterocycles. The van der Waals surface area contributed by atoms with Crippen LogP contribution in [-0.4, -0.2) is 66.3 Å². The van der Waals surface area contributed by atoms with Crippen LogP contribution in [0.1, 0.15) is 5.56 Å². The number of rotatable bonds is 3. The first-order chi connectivity index (χ1) is 8.70. The van der Waals surface area contributed by atoms with Crippen molar-refractivity contribution in [3.63, 3.8) is 0 Å². The highest BCUT2D eigenvalue weighted by molar-refractivity contribution is 5.50.